The van der Waals surface area contributed by atoms with Gasteiger partial charge in [-0.05, 0) is 54.9 Å². The summed E-state index contributed by atoms with van der Waals surface area (Å²) in [7, 11) is 1.61. The Morgan fingerprint density at radius 1 is 1.31 bits per heavy atom. The molecule has 0 saturated heterocycles. The zero-order chi connectivity index (χ0) is 18.8. The van der Waals surface area contributed by atoms with Crippen LogP contribution in [0.25, 0.3) is 6.08 Å². The van der Waals surface area contributed by atoms with Gasteiger partial charge in [-0.1, -0.05) is 19.9 Å². The number of methoxy groups -OCH3 is 1. The van der Waals surface area contributed by atoms with Crippen molar-refractivity contribution in [3.05, 3.63) is 29.8 Å². The molecule has 0 atom stereocenters. The van der Waals surface area contributed by atoms with E-state index in [0.717, 1.165) is 24.5 Å². The third-order valence-corrected chi connectivity index (χ3v) is 4.00. The van der Waals surface area contributed by atoms with Gasteiger partial charge in [0.2, 0.25) is 5.91 Å². The molecule has 1 amide bonds. The van der Waals surface area contributed by atoms with E-state index in [1.807, 2.05) is 18.2 Å². The molecular formula is C21H31NO4. The molecule has 1 aliphatic carbocycles. The summed E-state index contributed by atoms with van der Waals surface area (Å²) in [5, 5.41) is 2.87. The minimum Gasteiger partial charge on any atom is -0.493 e. The van der Waals surface area contributed by atoms with Crippen molar-refractivity contribution in [3.63, 3.8) is 0 Å². The van der Waals surface area contributed by atoms with Crippen LogP contribution in [0.1, 0.15) is 38.7 Å². The molecule has 2 rings (SSSR count). The summed E-state index contributed by atoms with van der Waals surface area (Å²) < 4.78 is 16.7. The Bertz CT molecular complexity index is 594. The number of benzene rings is 1. The van der Waals surface area contributed by atoms with Gasteiger partial charge in [-0.15, -0.1) is 0 Å². The van der Waals surface area contributed by atoms with Crippen molar-refractivity contribution in [1.82, 2.24) is 5.32 Å². The van der Waals surface area contributed by atoms with E-state index >= 15 is 0 Å². The molecule has 0 spiro atoms. The largest absolute Gasteiger partial charge is 0.493 e. The Morgan fingerprint density at radius 2 is 2.12 bits per heavy atom. The molecule has 5 heteroatoms. The third-order valence-electron chi connectivity index (χ3n) is 4.00. The number of hydrogen-bond donors (Lipinski definition) is 1. The summed E-state index contributed by atoms with van der Waals surface area (Å²) in [6.07, 6.45) is 6.75. The maximum absolute atomic E-state index is 11.9. The third kappa shape index (κ3) is 7.91. The van der Waals surface area contributed by atoms with Gasteiger partial charge in [0, 0.05) is 25.8 Å². The fraction of sp³-hybridized carbons (Fsp3) is 0.571. The van der Waals surface area contributed by atoms with E-state index in [-0.39, 0.29) is 5.91 Å². The van der Waals surface area contributed by atoms with Crippen molar-refractivity contribution >= 4 is 12.0 Å². The maximum atomic E-state index is 11.9. The molecule has 1 aromatic carbocycles. The minimum absolute atomic E-state index is 0.105. The standard InChI is InChI=1S/C21H31NO4/c1-16(2)14-26-19-9-7-17(13-20(19)24-3)8-10-21(23)22-11-4-12-25-15-18-5-6-18/h7-10,13,16,18H,4-6,11-12,14-15H2,1-3H3,(H,22,23)/b10-8+. The van der Waals surface area contributed by atoms with Gasteiger partial charge >= 0.3 is 0 Å². The first-order valence-electron chi connectivity index (χ1n) is 9.43. The van der Waals surface area contributed by atoms with Crippen molar-refractivity contribution in [3.8, 4) is 11.5 Å². The average molecular weight is 361 g/mol. The lowest BCUT2D eigenvalue weighted by atomic mass is 10.2. The predicted molar refractivity (Wildman–Crippen MR) is 104 cm³/mol. The summed E-state index contributed by atoms with van der Waals surface area (Å²) in [5.74, 6) is 2.51. The van der Waals surface area contributed by atoms with Gasteiger partial charge < -0.3 is 19.5 Å². The fourth-order valence-corrected chi connectivity index (χ4v) is 2.31. The molecule has 1 aromatic rings. The zero-order valence-electron chi connectivity index (χ0n) is 16.1. The summed E-state index contributed by atoms with van der Waals surface area (Å²) >= 11 is 0. The van der Waals surface area contributed by atoms with Gasteiger partial charge in [-0.2, -0.15) is 0 Å². The Hall–Kier alpha value is -2.01. The van der Waals surface area contributed by atoms with Gasteiger partial charge in [-0.25, -0.2) is 0 Å². The van der Waals surface area contributed by atoms with Crippen LogP contribution >= 0.6 is 0 Å². The van der Waals surface area contributed by atoms with Crippen molar-refractivity contribution < 1.29 is 19.0 Å². The summed E-state index contributed by atoms with van der Waals surface area (Å²) in [6, 6.07) is 5.65. The molecule has 1 saturated carbocycles. The van der Waals surface area contributed by atoms with Crippen molar-refractivity contribution in [2.24, 2.45) is 11.8 Å². The highest BCUT2D eigenvalue weighted by Crippen LogP contribution is 2.29. The monoisotopic (exact) mass is 361 g/mol. The minimum atomic E-state index is -0.105. The van der Waals surface area contributed by atoms with Crippen LogP contribution in [-0.4, -0.2) is 39.4 Å². The highest BCUT2D eigenvalue weighted by Gasteiger charge is 2.20. The molecule has 5 nitrogen and oxygen atoms in total. The topological polar surface area (TPSA) is 56.8 Å². The molecule has 1 fully saturated rings. The van der Waals surface area contributed by atoms with Gasteiger partial charge in [0.1, 0.15) is 0 Å². The molecule has 0 bridgehead atoms. The number of carbonyl (C=O) groups is 1. The smallest absolute Gasteiger partial charge is 0.244 e. The molecule has 0 radical (unpaired) electrons. The SMILES string of the molecule is COc1cc(/C=C/C(=O)NCCCOCC2CC2)ccc1OCC(C)C. The number of carbonyl (C=O) groups excluding carboxylic acids is 1. The van der Waals surface area contributed by atoms with Crippen LogP contribution in [0.4, 0.5) is 0 Å². The molecule has 26 heavy (non-hydrogen) atoms. The first-order valence-corrected chi connectivity index (χ1v) is 9.43. The van der Waals surface area contributed by atoms with Crippen molar-refractivity contribution in [2.45, 2.75) is 33.1 Å². The Labute approximate surface area is 156 Å². The van der Waals surface area contributed by atoms with E-state index in [4.69, 9.17) is 14.2 Å². The predicted octanol–water partition coefficient (Wildman–Crippen LogP) is 3.68. The number of ether oxygens (including phenoxy) is 3. The summed E-state index contributed by atoms with van der Waals surface area (Å²) in [5.41, 5.74) is 0.890. The molecule has 0 unspecified atom stereocenters. The van der Waals surface area contributed by atoms with Gasteiger partial charge in [0.25, 0.3) is 0 Å². The Kier molecular flexibility index (Phi) is 8.48. The normalized spacial score (nSPS) is 14.0. The first kappa shape index (κ1) is 20.3. The molecule has 1 aliphatic rings. The molecule has 0 heterocycles. The van der Waals surface area contributed by atoms with Crippen LogP contribution in [-0.2, 0) is 9.53 Å². The van der Waals surface area contributed by atoms with E-state index in [1.165, 1.54) is 18.9 Å². The van der Waals surface area contributed by atoms with E-state index in [0.29, 0.717) is 37.2 Å². The Morgan fingerprint density at radius 3 is 2.81 bits per heavy atom. The number of rotatable bonds is 12. The van der Waals surface area contributed by atoms with Crippen LogP contribution in [0, 0.1) is 11.8 Å². The molecule has 144 valence electrons. The maximum Gasteiger partial charge on any atom is 0.244 e. The number of amides is 1. The number of hydrogen-bond acceptors (Lipinski definition) is 4. The second-order valence-electron chi connectivity index (χ2n) is 7.11. The van der Waals surface area contributed by atoms with E-state index < -0.39 is 0 Å². The van der Waals surface area contributed by atoms with Gasteiger partial charge in [0.15, 0.2) is 11.5 Å². The zero-order valence-corrected chi connectivity index (χ0v) is 16.1. The van der Waals surface area contributed by atoms with E-state index in [2.05, 4.69) is 19.2 Å². The highest BCUT2D eigenvalue weighted by atomic mass is 16.5. The lowest BCUT2D eigenvalue weighted by Gasteiger charge is -2.12. The Balaban J connectivity index is 1.72. The molecule has 0 aliphatic heterocycles. The van der Waals surface area contributed by atoms with Crippen molar-refractivity contribution in [1.29, 1.82) is 0 Å². The molecule has 1 N–H and O–H groups in total. The summed E-state index contributed by atoms with van der Waals surface area (Å²) in [6.45, 7) is 7.03. The quantitative estimate of drug-likeness (QED) is 0.456. The second kappa shape index (κ2) is 10.9. The van der Waals surface area contributed by atoms with Crippen molar-refractivity contribution in [2.75, 3.05) is 33.5 Å². The van der Waals surface area contributed by atoms with Crippen LogP contribution in [0.3, 0.4) is 0 Å². The lowest BCUT2D eigenvalue weighted by molar-refractivity contribution is -0.116. The number of nitrogens with one attached hydrogen (secondary N) is 1. The second-order valence-corrected chi connectivity index (χ2v) is 7.11. The summed E-state index contributed by atoms with van der Waals surface area (Å²) in [4.78, 5) is 11.9. The van der Waals surface area contributed by atoms with Crippen LogP contribution < -0.4 is 14.8 Å². The highest BCUT2D eigenvalue weighted by molar-refractivity contribution is 5.91. The lowest BCUT2D eigenvalue weighted by Crippen LogP contribution is -2.23. The molecule has 0 aromatic heterocycles. The van der Waals surface area contributed by atoms with Crippen LogP contribution in [0.5, 0.6) is 11.5 Å². The van der Waals surface area contributed by atoms with Crippen LogP contribution in [0.2, 0.25) is 0 Å². The van der Waals surface area contributed by atoms with Crippen LogP contribution in [0.15, 0.2) is 24.3 Å². The average Bonchev–Trinajstić information content (AvgIpc) is 3.45. The first-order chi connectivity index (χ1) is 12.6. The van der Waals surface area contributed by atoms with E-state index in [9.17, 15) is 4.79 Å². The van der Waals surface area contributed by atoms with E-state index in [1.54, 1.807) is 13.2 Å². The van der Waals surface area contributed by atoms with Gasteiger partial charge in [0.05, 0.1) is 13.7 Å². The fourth-order valence-electron chi connectivity index (χ4n) is 2.31. The van der Waals surface area contributed by atoms with Gasteiger partial charge in [-0.3, -0.25) is 4.79 Å². The molecular weight excluding hydrogens is 330 g/mol.